The lowest BCUT2D eigenvalue weighted by atomic mass is 10.3. The Morgan fingerprint density at radius 1 is 1.15 bits per heavy atom. The van der Waals surface area contributed by atoms with Crippen molar-refractivity contribution in [3.8, 4) is 0 Å². The van der Waals surface area contributed by atoms with Crippen molar-refractivity contribution in [1.29, 1.82) is 0 Å². The summed E-state index contributed by atoms with van der Waals surface area (Å²) in [6.07, 6.45) is 0.592. The van der Waals surface area contributed by atoms with Gasteiger partial charge in [-0.1, -0.05) is 0 Å². The van der Waals surface area contributed by atoms with Crippen LogP contribution in [0, 0.1) is 0 Å². The van der Waals surface area contributed by atoms with Crippen LogP contribution in [0.4, 0.5) is 0 Å². The number of thiophene rings is 1. The average Bonchev–Trinajstić information content (AvgIpc) is 2.87. The van der Waals surface area contributed by atoms with Crippen molar-refractivity contribution in [2.45, 2.75) is 13.3 Å². The van der Waals surface area contributed by atoms with Gasteiger partial charge in [0.1, 0.15) is 0 Å². The standard InChI is InChI=1S/C13H18N2O4S/c1-9(16)11-4-3-10(20-11)5-6-14-12(17)13(18)15-7-8-19-2/h3-4H,5-8H2,1-2H3,(H,14,17)(H,15,18). The highest BCUT2D eigenvalue weighted by Gasteiger charge is 2.12. The maximum atomic E-state index is 11.4. The third kappa shape index (κ3) is 5.50. The normalized spacial score (nSPS) is 10.1. The summed E-state index contributed by atoms with van der Waals surface area (Å²) in [5, 5.41) is 4.96. The molecule has 110 valence electrons. The molecule has 1 rings (SSSR count). The van der Waals surface area contributed by atoms with Crippen molar-refractivity contribution < 1.29 is 19.1 Å². The van der Waals surface area contributed by atoms with E-state index in [0.717, 1.165) is 4.88 Å². The Labute approximate surface area is 121 Å². The second-order valence-electron chi connectivity index (χ2n) is 4.08. The zero-order chi connectivity index (χ0) is 15.0. The van der Waals surface area contributed by atoms with Crippen molar-refractivity contribution in [3.63, 3.8) is 0 Å². The van der Waals surface area contributed by atoms with E-state index in [-0.39, 0.29) is 5.78 Å². The van der Waals surface area contributed by atoms with Gasteiger partial charge in [0.15, 0.2) is 5.78 Å². The predicted octanol–water partition coefficient (Wildman–Crippen LogP) is 0.372. The van der Waals surface area contributed by atoms with Gasteiger partial charge in [0.2, 0.25) is 0 Å². The lowest BCUT2D eigenvalue weighted by molar-refractivity contribution is -0.139. The topological polar surface area (TPSA) is 84.5 Å². The van der Waals surface area contributed by atoms with Gasteiger partial charge in [0, 0.05) is 25.1 Å². The minimum absolute atomic E-state index is 0.0304. The van der Waals surface area contributed by atoms with Crippen LogP contribution in [-0.4, -0.2) is 44.4 Å². The summed E-state index contributed by atoms with van der Waals surface area (Å²) in [5.41, 5.74) is 0. The highest BCUT2D eigenvalue weighted by molar-refractivity contribution is 7.14. The molecule has 0 bridgehead atoms. The van der Waals surface area contributed by atoms with Gasteiger partial charge in [-0.3, -0.25) is 14.4 Å². The molecule has 0 saturated heterocycles. The van der Waals surface area contributed by atoms with Crippen LogP contribution in [-0.2, 0) is 20.7 Å². The number of hydrogen-bond acceptors (Lipinski definition) is 5. The van der Waals surface area contributed by atoms with Gasteiger partial charge in [0.05, 0.1) is 11.5 Å². The second-order valence-corrected chi connectivity index (χ2v) is 5.25. The Balaban J connectivity index is 2.27. The van der Waals surface area contributed by atoms with E-state index in [4.69, 9.17) is 4.74 Å². The molecule has 2 N–H and O–H groups in total. The number of ether oxygens (including phenoxy) is 1. The van der Waals surface area contributed by atoms with Gasteiger partial charge in [-0.25, -0.2) is 0 Å². The molecule has 6 nitrogen and oxygen atoms in total. The van der Waals surface area contributed by atoms with Crippen LogP contribution in [0.25, 0.3) is 0 Å². The van der Waals surface area contributed by atoms with Crippen molar-refractivity contribution in [2.24, 2.45) is 0 Å². The first kappa shape index (κ1) is 16.3. The van der Waals surface area contributed by atoms with Crippen molar-refractivity contribution in [1.82, 2.24) is 10.6 Å². The maximum Gasteiger partial charge on any atom is 0.309 e. The second kappa shape index (κ2) is 8.44. The molecule has 0 aromatic carbocycles. The van der Waals surface area contributed by atoms with Gasteiger partial charge >= 0.3 is 11.8 Å². The molecule has 20 heavy (non-hydrogen) atoms. The number of rotatable bonds is 7. The molecule has 7 heteroatoms. The van der Waals surface area contributed by atoms with E-state index in [1.54, 1.807) is 6.07 Å². The van der Waals surface area contributed by atoms with Crippen LogP contribution >= 0.6 is 11.3 Å². The SMILES string of the molecule is COCCNC(=O)C(=O)NCCc1ccc(C(C)=O)s1. The van der Waals surface area contributed by atoms with E-state index in [2.05, 4.69) is 10.6 Å². The molecule has 0 unspecified atom stereocenters. The lowest BCUT2D eigenvalue weighted by Gasteiger charge is -2.05. The first-order valence-corrected chi connectivity index (χ1v) is 7.01. The summed E-state index contributed by atoms with van der Waals surface area (Å²) in [4.78, 5) is 35.6. The molecule has 0 aliphatic heterocycles. The molecule has 0 fully saturated rings. The van der Waals surface area contributed by atoms with Crippen LogP contribution in [0.15, 0.2) is 12.1 Å². The third-order valence-corrected chi connectivity index (χ3v) is 3.71. The van der Waals surface area contributed by atoms with E-state index in [1.807, 2.05) is 6.07 Å². The van der Waals surface area contributed by atoms with Gasteiger partial charge in [0.25, 0.3) is 0 Å². The minimum Gasteiger partial charge on any atom is -0.383 e. The van der Waals surface area contributed by atoms with Gasteiger partial charge in [-0.2, -0.15) is 0 Å². The quantitative estimate of drug-likeness (QED) is 0.433. The van der Waals surface area contributed by atoms with Crippen molar-refractivity contribution >= 4 is 28.9 Å². The summed E-state index contributed by atoms with van der Waals surface area (Å²) in [5.74, 6) is -1.30. The van der Waals surface area contributed by atoms with Crippen LogP contribution in [0.5, 0.6) is 0 Å². The Hall–Kier alpha value is -1.73. The number of hydrogen-bond donors (Lipinski definition) is 2. The van der Waals surface area contributed by atoms with Crippen molar-refractivity contribution in [2.75, 3.05) is 26.8 Å². The number of amides is 2. The zero-order valence-electron chi connectivity index (χ0n) is 11.5. The van der Waals surface area contributed by atoms with Gasteiger partial charge < -0.3 is 15.4 Å². The molecule has 0 atom stereocenters. The summed E-state index contributed by atoms with van der Waals surface area (Å²) in [7, 11) is 1.52. The molecule has 1 aromatic heterocycles. The molecule has 1 heterocycles. The number of nitrogens with one attached hydrogen (secondary N) is 2. The molecule has 0 aliphatic rings. The predicted molar refractivity (Wildman–Crippen MR) is 75.9 cm³/mol. The zero-order valence-corrected chi connectivity index (χ0v) is 12.3. The van der Waals surface area contributed by atoms with E-state index < -0.39 is 11.8 Å². The van der Waals surface area contributed by atoms with E-state index in [0.29, 0.717) is 31.0 Å². The summed E-state index contributed by atoms with van der Waals surface area (Å²) < 4.78 is 4.76. The highest BCUT2D eigenvalue weighted by atomic mass is 32.1. The van der Waals surface area contributed by atoms with Crippen LogP contribution in [0.3, 0.4) is 0 Å². The molecular weight excluding hydrogens is 280 g/mol. The summed E-state index contributed by atoms with van der Waals surface area (Å²) in [6.45, 7) is 2.54. The Bertz CT molecular complexity index is 484. The highest BCUT2D eigenvalue weighted by Crippen LogP contribution is 2.16. The Morgan fingerprint density at radius 2 is 1.80 bits per heavy atom. The smallest absolute Gasteiger partial charge is 0.309 e. The monoisotopic (exact) mass is 298 g/mol. The Kier molecular flexibility index (Phi) is 6.89. The van der Waals surface area contributed by atoms with Crippen LogP contribution < -0.4 is 10.6 Å². The molecule has 0 spiro atoms. The fraction of sp³-hybridized carbons (Fsp3) is 0.462. The number of Topliss-reactive ketones (excluding diaryl/α,β-unsaturated/α-hetero) is 1. The molecule has 2 amide bonds. The summed E-state index contributed by atoms with van der Waals surface area (Å²) >= 11 is 1.40. The van der Waals surface area contributed by atoms with Gasteiger partial charge in [-0.05, 0) is 25.5 Å². The number of ketones is 1. The minimum atomic E-state index is -0.669. The molecule has 0 saturated carbocycles. The van der Waals surface area contributed by atoms with E-state index in [1.165, 1.54) is 25.4 Å². The molecule has 0 aliphatic carbocycles. The van der Waals surface area contributed by atoms with E-state index in [9.17, 15) is 14.4 Å². The molecule has 1 aromatic rings. The summed E-state index contributed by atoms with van der Waals surface area (Å²) in [6, 6.07) is 3.62. The molecule has 0 radical (unpaired) electrons. The first-order chi connectivity index (χ1) is 9.54. The number of carbonyl (C=O) groups is 3. The number of carbonyl (C=O) groups excluding carboxylic acids is 3. The third-order valence-electron chi connectivity index (χ3n) is 2.46. The van der Waals surface area contributed by atoms with E-state index >= 15 is 0 Å². The largest absolute Gasteiger partial charge is 0.383 e. The van der Waals surface area contributed by atoms with Crippen molar-refractivity contribution in [3.05, 3.63) is 21.9 Å². The van der Waals surface area contributed by atoms with Gasteiger partial charge in [-0.15, -0.1) is 11.3 Å². The fourth-order valence-electron chi connectivity index (χ4n) is 1.43. The lowest BCUT2D eigenvalue weighted by Crippen LogP contribution is -2.41. The molecular formula is C13H18N2O4S. The average molecular weight is 298 g/mol. The maximum absolute atomic E-state index is 11.4. The fourth-order valence-corrected chi connectivity index (χ4v) is 2.33. The Morgan fingerprint density at radius 3 is 2.35 bits per heavy atom. The first-order valence-electron chi connectivity index (χ1n) is 6.19. The van der Waals surface area contributed by atoms with Crippen LogP contribution in [0.2, 0.25) is 0 Å². The van der Waals surface area contributed by atoms with Crippen LogP contribution in [0.1, 0.15) is 21.5 Å². The number of methoxy groups -OCH3 is 1.